The summed E-state index contributed by atoms with van der Waals surface area (Å²) < 4.78 is 45.0. The van der Waals surface area contributed by atoms with Gasteiger partial charge in [0, 0.05) is 12.7 Å². The number of anilines is 1. The number of rotatable bonds is 4. The molecule has 0 aliphatic heterocycles. The Morgan fingerprint density at radius 3 is 2.12 bits per heavy atom. The van der Waals surface area contributed by atoms with Crippen molar-refractivity contribution in [2.24, 2.45) is 0 Å². The minimum atomic E-state index is -4.78. The molecule has 1 rings (SSSR count). The van der Waals surface area contributed by atoms with E-state index in [1.807, 2.05) is 0 Å². The molecule has 0 aliphatic rings. The zero-order valence-electron chi connectivity index (χ0n) is 13.7. The fraction of sp³-hybridized carbons (Fsp3) is 0.467. The van der Waals surface area contributed by atoms with Crippen LogP contribution in [0, 0.1) is 0 Å². The van der Waals surface area contributed by atoms with Crippen molar-refractivity contribution in [3.8, 4) is 5.75 Å². The van der Waals surface area contributed by atoms with Gasteiger partial charge in [-0.05, 0) is 45.0 Å². The summed E-state index contributed by atoms with van der Waals surface area (Å²) in [4.78, 5) is 24.6. The first kappa shape index (κ1) is 19.6. The van der Waals surface area contributed by atoms with Gasteiger partial charge in [0.2, 0.25) is 5.91 Å². The minimum absolute atomic E-state index is 0.268. The predicted octanol–water partition coefficient (Wildman–Crippen LogP) is 3.39. The second kappa shape index (κ2) is 7.41. The van der Waals surface area contributed by atoms with Crippen molar-refractivity contribution < 1.29 is 32.2 Å². The minimum Gasteiger partial charge on any atom is -0.444 e. The summed E-state index contributed by atoms with van der Waals surface area (Å²) in [6.45, 7) is 4.83. The maximum atomic E-state index is 12.0. The Kier molecular flexibility index (Phi) is 6.05. The van der Waals surface area contributed by atoms with Crippen molar-refractivity contribution in [2.75, 3.05) is 18.9 Å². The van der Waals surface area contributed by atoms with E-state index in [0.29, 0.717) is 0 Å². The van der Waals surface area contributed by atoms with E-state index >= 15 is 0 Å². The van der Waals surface area contributed by atoms with Crippen LogP contribution in [-0.4, -0.2) is 42.5 Å². The van der Waals surface area contributed by atoms with Gasteiger partial charge in [0.1, 0.15) is 17.9 Å². The van der Waals surface area contributed by atoms with Crippen molar-refractivity contribution in [1.29, 1.82) is 0 Å². The molecule has 0 radical (unpaired) electrons. The number of nitrogens with one attached hydrogen (secondary N) is 1. The van der Waals surface area contributed by atoms with Crippen molar-refractivity contribution in [3.05, 3.63) is 24.3 Å². The van der Waals surface area contributed by atoms with Crippen LogP contribution in [0.2, 0.25) is 0 Å². The first-order chi connectivity index (χ1) is 10.9. The average Bonchev–Trinajstić information content (AvgIpc) is 2.37. The van der Waals surface area contributed by atoms with E-state index in [4.69, 9.17) is 4.74 Å². The molecular formula is C15H19F3N2O4. The first-order valence-electron chi connectivity index (χ1n) is 6.95. The van der Waals surface area contributed by atoms with Crippen molar-refractivity contribution >= 4 is 17.7 Å². The van der Waals surface area contributed by atoms with E-state index < -0.39 is 29.7 Å². The number of ether oxygens (including phenoxy) is 2. The molecule has 0 fully saturated rings. The Labute approximate surface area is 137 Å². The largest absolute Gasteiger partial charge is 0.573 e. The molecule has 1 aromatic carbocycles. The summed E-state index contributed by atoms with van der Waals surface area (Å²) in [6.07, 6.45) is -5.44. The highest BCUT2D eigenvalue weighted by Crippen LogP contribution is 2.23. The Morgan fingerprint density at radius 1 is 1.12 bits per heavy atom. The van der Waals surface area contributed by atoms with Crippen molar-refractivity contribution in [2.45, 2.75) is 32.7 Å². The third-order valence-electron chi connectivity index (χ3n) is 2.46. The van der Waals surface area contributed by atoms with Crippen LogP contribution >= 0.6 is 0 Å². The summed E-state index contributed by atoms with van der Waals surface area (Å²) >= 11 is 0. The topological polar surface area (TPSA) is 67.9 Å². The number of amides is 2. The van der Waals surface area contributed by atoms with Gasteiger partial charge in [0.15, 0.2) is 0 Å². The highest BCUT2D eigenvalue weighted by molar-refractivity contribution is 5.93. The molecule has 6 nitrogen and oxygen atoms in total. The smallest absolute Gasteiger partial charge is 0.444 e. The third-order valence-corrected chi connectivity index (χ3v) is 2.46. The molecule has 1 aromatic rings. The van der Waals surface area contributed by atoms with Gasteiger partial charge in [-0.1, -0.05) is 0 Å². The number of halogens is 3. The number of carbonyl (C=O) groups is 2. The number of benzene rings is 1. The van der Waals surface area contributed by atoms with Crippen LogP contribution in [0.4, 0.5) is 23.7 Å². The first-order valence-corrected chi connectivity index (χ1v) is 6.95. The molecule has 0 unspecified atom stereocenters. The molecule has 0 heterocycles. The van der Waals surface area contributed by atoms with Crippen molar-refractivity contribution in [3.63, 3.8) is 0 Å². The molecule has 0 spiro atoms. The summed E-state index contributed by atoms with van der Waals surface area (Å²) in [7, 11) is 1.40. The van der Waals surface area contributed by atoms with Crippen LogP contribution in [0.5, 0.6) is 5.75 Å². The molecule has 134 valence electrons. The Balaban J connectivity index is 2.54. The summed E-state index contributed by atoms with van der Waals surface area (Å²) in [5.41, 5.74) is -0.414. The molecule has 0 atom stereocenters. The summed E-state index contributed by atoms with van der Waals surface area (Å²) in [5, 5.41) is 2.46. The maximum Gasteiger partial charge on any atom is 0.573 e. The van der Waals surface area contributed by atoms with E-state index in [2.05, 4.69) is 10.1 Å². The maximum absolute atomic E-state index is 12.0. The highest BCUT2D eigenvalue weighted by Gasteiger charge is 2.31. The van der Waals surface area contributed by atoms with Gasteiger partial charge in [-0.2, -0.15) is 0 Å². The predicted molar refractivity (Wildman–Crippen MR) is 80.6 cm³/mol. The molecule has 1 N–H and O–H groups in total. The number of carbonyl (C=O) groups excluding carboxylic acids is 2. The Morgan fingerprint density at radius 2 is 1.67 bits per heavy atom. The van der Waals surface area contributed by atoms with Gasteiger partial charge in [-0.25, -0.2) is 4.79 Å². The highest BCUT2D eigenvalue weighted by atomic mass is 19.4. The van der Waals surface area contributed by atoms with Crippen LogP contribution in [-0.2, 0) is 9.53 Å². The van der Waals surface area contributed by atoms with Gasteiger partial charge in [0.25, 0.3) is 0 Å². The number of hydrogen-bond donors (Lipinski definition) is 1. The quantitative estimate of drug-likeness (QED) is 0.906. The number of alkyl halides is 3. The lowest BCUT2D eigenvalue weighted by molar-refractivity contribution is -0.274. The Bertz CT molecular complexity index is 580. The summed E-state index contributed by atoms with van der Waals surface area (Å²) in [6, 6.07) is 4.65. The normalized spacial score (nSPS) is 11.6. The zero-order chi connectivity index (χ0) is 18.5. The average molecular weight is 348 g/mol. The summed E-state index contributed by atoms with van der Waals surface area (Å²) in [5.74, 6) is -0.917. The SMILES string of the molecule is CN(CC(=O)Nc1ccc(OC(F)(F)F)cc1)C(=O)OC(C)(C)C. The molecule has 0 aromatic heterocycles. The van der Waals surface area contributed by atoms with Crippen molar-refractivity contribution in [1.82, 2.24) is 4.90 Å². The van der Waals surface area contributed by atoms with Gasteiger partial charge >= 0.3 is 12.5 Å². The molecular weight excluding hydrogens is 329 g/mol. The van der Waals surface area contributed by atoms with E-state index in [1.165, 1.54) is 19.2 Å². The van der Waals surface area contributed by atoms with Gasteiger partial charge in [-0.15, -0.1) is 13.2 Å². The van der Waals surface area contributed by atoms with E-state index in [0.717, 1.165) is 17.0 Å². The second-order valence-corrected chi connectivity index (χ2v) is 5.96. The van der Waals surface area contributed by atoms with E-state index in [-0.39, 0.29) is 12.2 Å². The molecule has 9 heteroatoms. The molecule has 0 saturated carbocycles. The van der Waals surface area contributed by atoms with Gasteiger partial charge in [0.05, 0.1) is 0 Å². The van der Waals surface area contributed by atoms with Crippen LogP contribution in [0.3, 0.4) is 0 Å². The number of nitrogens with zero attached hydrogens (tertiary/aromatic N) is 1. The molecule has 0 saturated heterocycles. The zero-order valence-corrected chi connectivity index (χ0v) is 13.7. The lowest BCUT2D eigenvalue weighted by Crippen LogP contribution is -2.38. The van der Waals surface area contributed by atoms with Crippen LogP contribution in [0.15, 0.2) is 24.3 Å². The molecule has 24 heavy (non-hydrogen) atoms. The number of likely N-dealkylation sites (N-methyl/N-ethyl adjacent to an activating group) is 1. The fourth-order valence-electron chi connectivity index (χ4n) is 1.56. The van der Waals surface area contributed by atoms with Crippen LogP contribution in [0.25, 0.3) is 0 Å². The molecule has 0 bridgehead atoms. The van der Waals surface area contributed by atoms with Gasteiger partial charge in [-0.3, -0.25) is 4.79 Å². The standard InChI is InChI=1S/C15H19F3N2O4/c1-14(2,3)24-13(22)20(4)9-12(21)19-10-5-7-11(8-6-10)23-15(16,17)18/h5-8H,9H2,1-4H3,(H,19,21). The lowest BCUT2D eigenvalue weighted by Gasteiger charge is -2.24. The fourth-order valence-corrected chi connectivity index (χ4v) is 1.56. The second-order valence-electron chi connectivity index (χ2n) is 5.96. The monoisotopic (exact) mass is 348 g/mol. The van der Waals surface area contributed by atoms with Crippen LogP contribution in [0.1, 0.15) is 20.8 Å². The van der Waals surface area contributed by atoms with E-state index in [1.54, 1.807) is 20.8 Å². The molecule has 2 amide bonds. The lowest BCUT2D eigenvalue weighted by atomic mass is 10.2. The number of hydrogen-bond acceptors (Lipinski definition) is 4. The third kappa shape index (κ3) is 7.70. The Hall–Kier alpha value is -2.45. The van der Waals surface area contributed by atoms with E-state index in [9.17, 15) is 22.8 Å². The van der Waals surface area contributed by atoms with Gasteiger partial charge < -0.3 is 19.7 Å². The van der Waals surface area contributed by atoms with Crippen LogP contribution < -0.4 is 10.1 Å². The molecule has 0 aliphatic carbocycles.